The molecule has 0 spiro atoms. The van der Waals surface area contributed by atoms with E-state index in [4.69, 9.17) is 9.97 Å². The minimum Gasteiger partial charge on any atom is -0.309 e. The molecule has 0 saturated heterocycles. The fourth-order valence-electron chi connectivity index (χ4n) is 7.58. The van der Waals surface area contributed by atoms with Crippen molar-refractivity contribution in [3.05, 3.63) is 181 Å². The molecule has 10 rings (SSSR count). The van der Waals surface area contributed by atoms with Crippen molar-refractivity contribution in [2.45, 2.75) is 0 Å². The molecular weight excluding hydrogens is 635 g/mol. The molecule has 242 valence electrons. The van der Waals surface area contributed by atoms with E-state index in [1.165, 1.54) is 32.6 Å². The van der Waals surface area contributed by atoms with Crippen LogP contribution < -0.4 is 0 Å². The Labute approximate surface area is 299 Å². The molecule has 0 aliphatic carbocycles. The van der Waals surface area contributed by atoms with E-state index in [9.17, 15) is 5.26 Å². The van der Waals surface area contributed by atoms with Crippen molar-refractivity contribution < 1.29 is 0 Å². The van der Waals surface area contributed by atoms with E-state index in [1.807, 2.05) is 60.7 Å². The third kappa shape index (κ3) is 4.78. The van der Waals surface area contributed by atoms with E-state index >= 15 is 0 Å². The number of fused-ring (bicyclic) bond motifs is 6. The second-order valence-corrected chi connectivity index (χ2v) is 13.0. The fourth-order valence-corrected chi connectivity index (χ4v) is 7.58. The van der Waals surface area contributed by atoms with Crippen molar-refractivity contribution in [2.75, 3.05) is 0 Å². The van der Waals surface area contributed by atoms with Crippen LogP contribution in [0.1, 0.15) is 5.56 Å². The maximum Gasteiger partial charge on any atom is 0.160 e. The SMILES string of the molecule is N#Cc1cccc(-c2cc(-c3cccc(-n4c5ccccc5c5cc6c(cc54)c4ccccc4n6-c4ccccc4)c3)nc(-c3ccccc3)n2)c1. The number of nitrogens with zero attached hydrogens (tertiary/aromatic N) is 5. The molecule has 5 heteroatoms. The molecule has 3 aromatic heterocycles. The van der Waals surface area contributed by atoms with Gasteiger partial charge in [0.2, 0.25) is 0 Å². The third-order valence-corrected chi connectivity index (χ3v) is 9.93. The van der Waals surface area contributed by atoms with Crippen LogP contribution in [0.5, 0.6) is 0 Å². The van der Waals surface area contributed by atoms with Crippen LogP contribution in [0.2, 0.25) is 0 Å². The normalized spacial score (nSPS) is 11.4. The first-order valence-electron chi connectivity index (χ1n) is 17.3. The number of hydrogen-bond donors (Lipinski definition) is 0. The summed E-state index contributed by atoms with van der Waals surface area (Å²) in [5.41, 5.74) is 11.8. The van der Waals surface area contributed by atoms with Gasteiger partial charge in [0.1, 0.15) is 0 Å². The number of aromatic nitrogens is 4. The van der Waals surface area contributed by atoms with Crippen LogP contribution in [-0.2, 0) is 0 Å². The highest BCUT2D eigenvalue weighted by atomic mass is 15.0. The zero-order valence-corrected chi connectivity index (χ0v) is 28.0. The number of rotatable bonds is 5. The minimum atomic E-state index is 0.591. The van der Waals surface area contributed by atoms with Gasteiger partial charge < -0.3 is 9.13 Å². The van der Waals surface area contributed by atoms with Gasteiger partial charge in [0.15, 0.2) is 5.82 Å². The Morgan fingerprint density at radius 3 is 1.52 bits per heavy atom. The largest absolute Gasteiger partial charge is 0.309 e. The van der Waals surface area contributed by atoms with Crippen LogP contribution in [0.3, 0.4) is 0 Å². The van der Waals surface area contributed by atoms with E-state index in [0.717, 1.165) is 50.5 Å². The molecule has 0 bridgehead atoms. The first-order valence-corrected chi connectivity index (χ1v) is 17.3. The Balaban J connectivity index is 1.21. The van der Waals surface area contributed by atoms with Gasteiger partial charge in [-0.1, -0.05) is 109 Å². The van der Waals surface area contributed by atoms with E-state index in [-0.39, 0.29) is 0 Å². The molecule has 10 aromatic rings. The monoisotopic (exact) mass is 663 g/mol. The Morgan fingerprint density at radius 1 is 0.385 bits per heavy atom. The van der Waals surface area contributed by atoms with E-state index in [1.54, 1.807) is 0 Å². The number of benzene rings is 7. The standard InChI is InChI=1S/C47H29N5/c48-30-31-13-11-16-33(25-31)41-29-42(50-47(49-41)32-14-3-1-4-15-32)34-17-12-20-36(26-34)52-44-24-10-8-22-38(44)40-27-45-39(28-46(40)52)37-21-7-9-23-43(37)51(45)35-18-5-2-6-19-35/h1-29H. The molecule has 0 fully saturated rings. The smallest absolute Gasteiger partial charge is 0.160 e. The molecular formula is C47H29N5. The molecule has 0 amide bonds. The molecule has 0 radical (unpaired) electrons. The van der Waals surface area contributed by atoms with E-state index in [0.29, 0.717) is 11.4 Å². The Kier molecular flexibility index (Phi) is 6.80. The zero-order valence-electron chi connectivity index (χ0n) is 28.0. The maximum atomic E-state index is 9.62. The molecule has 0 aliphatic heterocycles. The summed E-state index contributed by atoms with van der Waals surface area (Å²) < 4.78 is 4.75. The van der Waals surface area contributed by atoms with Gasteiger partial charge in [-0.05, 0) is 66.7 Å². The first-order chi connectivity index (χ1) is 25.7. The predicted octanol–water partition coefficient (Wildman–Crippen LogP) is 11.5. The van der Waals surface area contributed by atoms with Gasteiger partial charge >= 0.3 is 0 Å². The van der Waals surface area contributed by atoms with Gasteiger partial charge in [0, 0.05) is 49.6 Å². The average Bonchev–Trinajstić information content (AvgIpc) is 3.72. The lowest BCUT2D eigenvalue weighted by Crippen LogP contribution is -1.98. The molecule has 0 atom stereocenters. The van der Waals surface area contributed by atoms with Crippen molar-refractivity contribution in [3.63, 3.8) is 0 Å². The summed E-state index contributed by atoms with van der Waals surface area (Å²) in [5.74, 6) is 0.634. The molecule has 0 N–H and O–H groups in total. The molecule has 0 unspecified atom stereocenters. The highest BCUT2D eigenvalue weighted by molar-refractivity contribution is 6.19. The lowest BCUT2D eigenvalue weighted by atomic mass is 10.0. The van der Waals surface area contributed by atoms with Gasteiger partial charge in [-0.2, -0.15) is 5.26 Å². The minimum absolute atomic E-state index is 0.591. The first kappa shape index (κ1) is 29.6. The summed E-state index contributed by atoms with van der Waals surface area (Å²) in [6.07, 6.45) is 0. The summed E-state index contributed by atoms with van der Waals surface area (Å²) in [6, 6.07) is 63.2. The fraction of sp³-hybridized carbons (Fsp3) is 0. The van der Waals surface area contributed by atoms with Crippen molar-refractivity contribution in [2.24, 2.45) is 0 Å². The van der Waals surface area contributed by atoms with Crippen molar-refractivity contribution >= 4 is 43.6 Å². The van der Waals surface area contributed by atoms with Crippen LogP contribution in [0, 0.1) is 11.3 Å². The second-order valence-electron chi connectivity index (χ2n) is 13.0. The van der Waals surface area contributed by atoms with Crippen molar-refractivity contribution in [3.8, 4) is 51.3 Å². The lowest BCUT2D eigenvalue weighted by Gasteiger charge is -2.12. The van der Waals surface area contributed by atoms with Crippen molar-refractivity contribution in [1.29, 1.82) is 5.26 Å². The molecule has 7 aromatic carbocycles. The quantitative estimate of drug-likeness (QED) is 0.184. The van der Waals surface area contributed by atoms with Crippen LogP contribution in [0.4, 0.5) is 0 Å². The average molecular weight is 664 g/mol. The van der Waals surface area contributed by atoms with Gasteiger partial charge in [0.25, 0.3) is 0 Å². The highest BCUT2D eigenvalue weighted by Gasteiger charge is 2.19. The molecule has 5 nitrogen and oxygen atoms in total. The van der Waals surface area contributed by atoms with Gasteiger partial charge in [-0.3, -0.25) is 0 Å². The second kappa shape index (κ2) is 11.9. The van der Waals surface area contributed by atoms with Gasteiger partial charge in [-0.25, -0.2) is 9.97 Å². The highest BCUT2D eigenvalue weighted by Crippen LogP contribution is 2.40. The Hall–Kier alpha value is -7.29. The predicted molar refractivity (Wildman–Crippen MR) is 212 cm³/mol. The maximum absolute atomic E-state index is 9.62. The van der Waals surface area contributed by atoms with E-state index < -0.39 is 0 Å². The van der Waals surface area contributed by atoms with Gasteiger partial charge in [-0.15, -0.1) is 0 Å². The summed E-state index contributed by atoms with van der Waals surface area (Å²) in [5, 5.41) is 14.4. The third-order valence-electron chi connectivity index (χ3n) is 9.93. The number of nitriles is 1. The molecule has 0 aliphatic rings. The Morgan fingerprint density at radius 2 is 0.885 bits per heavy atom. The summed E-state index contributed by atoms with van der Waals surface area (Å²) in [4.78, 5) is 10.1. The number of hydrogen-bond acceptors (Lipinski definition) is 3. The van der Waals surface area contributed by atoms with Crippen LogP contribution in [0.25, 0.3) is 88.9 Å². The van der Waals surface area contributed by atoms with Crippen LogP contribution in [0.15, 0.2) is 176 Å². The lowest BCUT2D eigenvalue weighted by molar-refractivity contribution is 1.16. The zero-order chi connectivity index (χ0) is 34.6. The molecule has 52 heavy (non-hydrogen) atoms. The summed E-state index contributed by atoms with van der Waals surface area (Å²) >= 11 is 0. The van der Waals surface area contributed by atoms with Crippen LogP contribution >= 0.6 is 0 Å². The molecule has 0 saturated carbocycles. The Bertz CT molecular complexity index is 3020. The van der Waals surface area contributed by atoms with E-state index in [2.05, 4.69) is 130 Å². The molecule has 3 heterocycles. The van der Waals surface area contributed by atoms with Crippen molar-refractivity contribution in [1.82, 2.24) is 19.1 Å². The summed E-state index contributed by atoms with van der Waals surface area (Å²) in [7, 11) is 0. The number of para-hydroxylation sites is 3. The van der Waals surface area contributed by atoms with Gasteiger partial charge in [0.05, 0.1) is 45.1 Å². The van der Waals surface area contributed by atoms with Crippen LogP contribution in [-0.4, -0.2) is 19.1 Å². The summed E-state index contributed by atoms with van der Waals surface area (Å²) in [6.45, 7) is 0. The topological polar surface area (TPSA) is 59.4 Å².